The molecule has 2 fully saturated rings. The number of thioether (sulfide) groups is 1. The van der Waals surface area contributed by atoms with Crippen molar-refractivity contribution in [2.75, 3.05) is 25.4 Å². The molecule has 0 spiro atoms. The summed E-state index contributed by atoms with van der Waals surface area (Å²) in [4.78, 5) is 16.3. The Morgan fingerprint density at radius 1 is 1.20 bits per heavy atom. The number of nitrogens with zero attached hydrogens (tertiary/aromatic N) is 4. The summed E-state index contributed by atoms with van der Waals surface area (Å²) >= 11 is 3.31. The van der Waals surface area contributed by atoms with Crippen molar-refractivity contribution in [3.05, 3.63) is 28.2 Å². The summed E-state index contributed by atoms with van der Waals surface area (Å²) < 4.78 is 2.34. The number of hydrogen-bond donors (Lipinski definition) is 1. The van der Waals surface area contributed by atoms with E-state index in [4.69, 9.17) is 0 Å². The number of likely N-dealkylation sites (tertiary alicyclic amines) is 1. The highest BCUT2D eigenvalue weighted by molar-refractivity contribution is 7.99. The average Bonchev–Trinajstić information content (AvgIpc) is 3.44. The van der Waals surface area contributed by atoms with Gasteiger partial charge >= 0.3 is 0 Å². The molecule has 0 bridgehead atoms. The maximum Gasteiger partial charge on any atom is 0.230 e. The Morgan fingerprint density at radius 3 is 2.70 bits per heavy atom. The maximum absolute atomic E-state index is 12.6. The Bertz CT molecular complexity index is 793. The molecule has 0 unspecified atom stereocenters. The van der Waals surface area contributed by atoms with Crippen LogP contribution in [0.15, 0.2) is 22.7 Å². The van der Waals surface area contributed by atoms with E-state index in [2.05, 4.69) is 49.4 Å². The molecule has 2 aromatic heterocycles. The molecule has 3 heterocycles. The van der Waals surface area contributed by atoms with Gasteiger partial charge in [0.05, 0.1) is 5.75 Å². The molecule has 2 aliphatic rings. The first-order valence-corrected chi connectivity index (χ1v) is 13.2. The third kappa shape index (κ3) is 5.65. The van der Waals surface area contributed by atoms with Crippen LogP contribution < -0.4 is 5.32 Å². The van der Waals surface area contributed by atoms with Crippen LogP contribution >= 0.6 is 23.1 Å². The van der Waals surface area contributed by atoms with Gasteiger partial charge in [0.1, 0.15) is 5.82 Å². The molecule has 164 valence electrons. The fourth-order valence-electron chi connectivity index (χ4n) is 4.59. The fourth-order valence-corrected chi connectivity index (χ4v) is 6.13. The normalized spacial score (nSPS) is 19.2. The molecule has 1 aliphatic heterocycles. The second-order valence-corrected chi connectivity index (χ2v) is 10.4. The van der Waals surface area contributed by atoms with Gasteiger partial charge in [-0.25, -0.2) is 0 Å². The van der Waals surface area contributed by atoms with Crippen LogP contribution in [0.2, 0.25) is 0 Å². The summed E-state index contributed by atoms with van der Waals surface area (Å²) in [6.45, 7) is 5.46. The van der Waals surface area contributed by atoms with Gasteiger partial charge in [-0.2, -0.15) is 0 Å². The van der Waals surface area contributed by atoms with Gasteiger partial charge < -0.3 is 14.8 Å². The number of carbonyl (C=O) groups is 1. The second kappa shape index (κ2) is 10.8. The molecule has 0 aromatic carbocycles. The predicted molar refractivity (Wildman–Crippen MR) is 123 cm³/mol. The van der Waals surface area contributed by atoms with Gasteiger partial charge in [0.25, 0.3) is 0 Å². The summed E-state index contributed by atoms with van der Waals surface area (Å²) in [6, 6.07) is 5.03. The van der Waals surface area contributed by atoms with Crippen molar-refractivity contribution in [2.45, 2.75) is 75.5 Å². The fraction of sp³-hybridized carbons (Fsp3) is 0.682. The van der Waals surface area contributed by atoms with Gasteiger partial charge in [0.2, 0.25) is 5.91 Å². The molecule has 1 saturated heterocycles. The lowest BCUT2D eigenvalue weighted by atomic mass is 9.95. The highest BCUT2D eigenvalue weighted by Crippen LogP contribution is 2.33. The zero-order valence-corrected chi connectivity index (χ0v) is 19.5. The number of aromatic nitrogens is 3. The van der Waals surface area contributed by atoms with E-state index in [1.165, 1.54) is 37.0 Å². The topological polar surface area (TPSA) is 63.1 Å². The SMILES string of the molecule is CCN1CCC(NC(=O)CSc2nnc(Cc3cccs3)n2C2CCCCC2)CC1. The van der Waals surface area contributed by atoms with Crippen LogP contribution in [0.25, 0.3) is 0 Å². The number of thiophene rings is 1. The lowest BCUT2D eigenvalue weighted by Gasteiger charge is -2.31. The number of piperidine rings is 1. The molecular weight excluding hydrogens is 414 g/mol. The van der Waals surface area contributed by atoms with E-state index in [0.717, 1.165) is 49.9 Å². The van der Waals surface area contributed by atoms with Crippen LogP contribution in [0.5, 0.6) is 0 Å². The number of rotatable bonds is 8. The molecule has 8 heteroatoms. The van der Waals surface area contributed by atoms with E-state index < -0.39 is 0 Å². The molecule has 4 rings (SSSR count). The summed E-state index contributed by atoms with van der Waals surface area (Å²) in [5.74, 6) is 1.57. The smallest absolute Gasteiger partial charge is 0.230 e. The molecule has 6 nitrogen and oxygen atoms in total. The zero-order chi connectivity index (χ0) is 20.8. The number of carbonyl (C=O) groups excluding carboxylic acids is 1. The molecule has 2 aromatic rings. The summed E-state index contributed by atoms with van der Waals surface area (Å²) in [6.07, 6.45) is 9.15. The van der Waals surface area contributed by atoms with Gasteiger partial charge in [-0.3, -0.25) is 4.79 Å². The number of hydrogen-bond acceptors (Lipinski definition) is 6. The van der Waals surface area contributed by atoms with Crippen LogP contribution in [-0.2, 0) is 11.2 Å². The largest absolute Gasteiger partial charge is 0.353 e. The lowest BCUT2D eigenvalue weighted by molar-refractivity contribution is -0.119. The Labute approximate surface area is 187 Å². The van der Waals surface area contributed by atoms with Crippen molar-refractivity contribution in [2.24, 2.45) is 0 Å². The third-order valence-corrected chi connectivity index (χ3v) is 8.14. The first-order chi connectivity index (χ1) is 14.7. The minimum atomic E-state index is 0.118. The third-order valence-electron chi connectivity index (χ3n) is 6.32. The first-order valence-electron chi connectivity index (χ1n) is 11.3. The quantitative estimate of drug-likeness (QED) is 0.617. The predicted octanol–water partition coefficient (Wildman–Crippen LogP) is 4.13. The second-order valence-electron chi connectivity index (χ2n) is 8.38. The van der Waals surface area contributed by atoms with E-state index in [9.17, 15) is 4.79 Å². The van der Waals surface area contributed by atoms with Crippen LogP contribution in [0, 0.1) is 0 Å². The van der Waals surface area contributed by atoms with Crippen LogP contribution in [0.3, 0.4) is 0 Å². The van der Waals surface area contributed by atoms with Crippen molar-refractivity contribution < 1.29 is 4.79 Å². The van der Waals surface area contributed by atoms with Crippen molar-refractivity contribution in [1.29, 1.82) is 0 Å². The van der Waals surface area contributed by atoms with Crippen molar-refractivity contribution in [1.82, 2.24) is 25.0 Å². The van der Waals surface area contributed by atoms with E-state index in [0.29, 0.717) is 17.8 Å². The monoisotopic (exact) mass is 447 g/mol. The molecule has 1 aliphatic carbocycles. The minimum Gasteiger partial charge on any atom is -0.353 e. The Hall–Kier alpha value is -1.38. The first kappa shape index (κ1) is 21.8. The summed E-state index contributed by atoms with van der Waals surface area (Å²) in [5, 5.41) is 15.3. The van der Waals surface area contributed by atoms with Gasteiger partial charge in [-0.05, 0) is 43.7 Å². The molecule has 30 heavy (non-hydrogen) atoms. The van der Waals surface area contributed by atoms with Crippen molar-refractivity contribution >= 4 is 29.0 Å². The van der Waals surface area contributed by atoms with E-state index in [1.807, 2.05) is 0 Å². The van der Waals surface area contributed by atoms with Gasteiger partial charge in [-0.1, -0.05) is 44.0 Å². The minimum absolute atomic E-state index is 0.118. The molecule has 0 radical (unpaired) electrons. The molecule has 0 atom stereocenters. The Morgan fingerprint density at radius 2 is 2.00 bits per heavy atom. The Balaban J connectivity index is 1.38. The van der Waals surface area contributed by atoms with E-state index >= 15 is 0 Å². The number of amides is 1. The zero-order valence-electron chi connectivity index (χ0n) is 17.9. The molecule has 1 saturated carbocycles. The van der Waals surface area contributed by atoms with Gasteiger partial charge in [-0.15, -0.1) is 21.5 Å². The van der Waals surface area contributed by atoms with Gasteiger partial charge in [0, 0.05) is 36.5 Å². The summed E-state index contributed by atoms with van der Waals surface area (Å²) in [5.41, 5.74) is 0. The Kier molecular flexibility index (Phi) is 7.84. The van der Waals surface area contributed by atoms with Gasteiger partial charge in [0.15, 0.2) is 5.16 Å². The van der Waals surface area contributed by atoms with Crippen LogP contribution in [-0.4, -0.2) is 57.0 Å². The standard InChI is InChI=1S/C22H33N5OS2/c1-2-26-12-10-17(11-13-26)23-21(28)16-30-22-25-24-20(15-19-9-6-14-29-19)27(22)18-7-4-3-5-8-18/h6,9,14,17-18H,2-5,7-8,10-13,15-16H2,1H3,(H,23,28). The van der Waals surface area contributed by atoms with Crippen LogP contribution in [0.4, 0.5) is 0 Å². The average molecular weight is 448 g/mol. The van der Waals surface area contributed by atoms with E-state index in [-0.39, 0.29) is 5.91 Å². The molecule has 1 amide bonds. The number of nitrogens with one attached hydrogen (secondary N) is 1. The lowest BCUT2D eigenvalue weighted by Crippen LogP contribution is -2.45. The highest BCUT2D eigenvalue weighted by atomic mass is 32.2. The van der Waals surface area contributed by atoms with Crippen molar-refractivity contribution in [3.63, 3.8) is 0 Å². The molecular formula is C22H33N5OS2. The maximum atomic E-state index is 12.6. The summed E-state index contributed by atoms with van der Waals surface area (Å²) in [7, 11) is 0. The molecule has 1 N–H and O–H groups in total. The van der Waals surface area contributed by atoms with Crippen LogP contribution in [0.1, 0.15) is 68.6 Å². The highest BCUT2D eigenvalue weighted by Gasteiger charge is 2.24. The van der Waals surface area contributed by atoms with E-state index in [1.54, 1.807) is 23.1 Å². The van der Waals surface area contributed by atoms with Crippen molar-refractivity contribution in [3.8, 4) is 0 Å².